The number of carbonyl (C=O) groups excluding carboxylic acids is 1. The van der Waals surface area contributed by atoms with Crippen LogP contribution < -0.4 is 10.0 Å². The van der Waals surface area contributed by atoms with E-state index in [1.54, 1.807) is 43.6 Å². The van der Waals surface area contributed by atoms with Gasteiger partial charge >= 0.3 is 5.97 Å². The molecule has 1 heterocycles. The summed E-state index contributed by atoms with van der Waals surface area (Å²) in [7, 11) is -2.37. The summed E-state index contributed by atoms with van der Waals surface area (Å²) in [5.74, 6) is -0.392. The molecule has 0 aliphatic heterocycles. The van der Waals surface area contributed by atoms with Crippen LogP contribution in [-0.2, 0) is 26.0 Å². The number of nitrogens with one attached hydrogen (secondary N) is 2. The summed E-state index contributed by atoms with van der Waals surface area (Å²) in [6.45, 7) is 2.01. The highest BCUT2D eigenvalue weighted by Crippen LogP contribution is 2.18. The van der Waals surface area contributed by atoms with Gasteiger partial charge in [0.2, 0.25) is 10.0 Å². The third-order valence-corrected chi connectivity index (χ3v) is 6.30. The number of benzene rings is 2. The van der Waals surface area contributed by atoms with Gasteiger partial charge in [0.15, 0.2) is 0 Å². The highest BCUT2D eigenvalue weighted by molar-refractivity contribution is 7.89. The van der Waals surface area contributed by atoms with Crippen LogP contribution in [0.25, 0.3) is 10.8 Å². The maximum Gasteiger partial charge on any atom is 0.323 e. The number of hydrogen-bond acceptors (Lipinski definition) is 6. The van der Waals surface area contributed by atoms with Crippen LogP contribution in [-0.4, -0.2) is 45.1 Å². The van der Waals surface area contributed by atoms with E-state index in [4.69, 9.17) is 4.74 Å². The molecule has 1 aromatic heterocycles. The van der Waals surface area contributed by atoms with Crippen molar-refractivity contribution in [2.24, 2.45) is 0 Å². The van der Waals surface area contributed by atoms with Crippen LogP contribution in [0.2, 0.25) is 0 Å². The molecule has 3 aromatic rings. The highest BCUT2D eigenvalue weighted by Gasteiger charge is 2.22. The number of carbonyl (C=O) groups is 1. The van der Waals surface area contributed by atoms with Crippen molar-refractivity contribution in [1.82, 2.24) is 15.0 Å². The van der Waals surface area contributed by atoms with Gasteiger partial charge in [0, 0.05) is 30.4 Å². The van der Waals surface area contributed by atoms with Crippen molar-refractivity contribution in [3.05, 3.63) is 72.6 Å². The Morgan fingerprint density at radius 2 is 1.78 bits per heavy atom. The van der Waals surface area contributed by atoms with E-state index in [-0.39, 0.29) is 36.3 Å². The molecule has 0 spiro atoms. The van der Waals surface area contributed by atoms with Crippen LogP contribution in [0.5, 0.6) is 0 Å². The van der Waals surface area contributed by atoms with Gasteiger partial charge in [-0.25, -0.2) is 13.1 Å². The second-order valence-corrected chi connectivity index (χ2v) is 8.79. The maximum atomic E-state index is 12.8. The number of halogens is 2. The van der Waals surface area contributed by atoms with Crippen molar-refractivity contribution in [2.75, 3.05) is 13.7 Å². The van der Waals surface area contributed by atoms with Gasteiger partial charge in [-0.15, -0.1) is 24.8 Å². The van der Waals surface area contributed by atoms with Gasteiger partial charge in [0.25, 0.3) is 0 Å². The van der Waals surface area contributed by atoms with E-state index < -0.39 is 28.1 Å². The molecule has 0 amide bonds. The molecule has 7 nitrogen and oxygen atoms in total. The number of ether oxygens (including phenoxy) is 1. The van der Waals surface area contributed by atoms with Gasteiger partial charge in [0.1, 0.15) is 6.04 Å². The topological polar surface area (TPSA) is 97.4 Å². The third kappa shape index (κ3) is 7.43. The van der Waals surface area contributed by atoms with E-state index in [1.165, 1.54) is 7.11 Å². The van der Waals surface area contributed by atoms with Crippen LogP contribution >= 0.6 is 24.8 Å². The molecule has 3 rings (SSSR count). The molecule has 0 radical (unpaired) electrons. The van der Waals surface area contributed by atoms with E-state index in [0.29, 0.717) is 6.42 Å². The molecule has 0 aliphatic rings. The van der Waals surface area contributed by atoms with Crippen molar-refractivity contribution in [1.29, 1.82) is 0 Å². The van der Waals surface area contributed by atoms with Crippen LogP contribution in [0, 0.1) is 0 Å². The molecule has 2 aromatic carbocycles. The molecule has 0 fully saturated rings. The number of nitrogens with zero attached hydrogens (tertiary/aromatic N) is 1. The van der Waals surface area contributed by atoms with Crippen LogP contribution in [0.3, 0.4) is 0 Å². The summed E-state index contributed by atoms with van der Waals surface area (Å²) in [4.78, 5) is 16.3. The van der Waals surface area contributed by atoms with Crippen LogP contribution in [0.4, 0.5) is 0 Å². The van der Waals surface area contributed by atoms with E-state index in [9.17, 15) is 13.2 Å². The second kappa shape index (κ2) is 12.7. The van der Waals surface area contributed by atoms with E-state index in [2.05, 4.69) is 15.0 Å². The zero-order valence-corrected chi connectivity index (χ0v) is 20.2. The summed E-state index contributed by atoms with van der Waals surface area (Å²) in [5, 5.41) is 4.78. The molecule has 2 atom stereocenters. The lowest BCUT2D eigenvalue weighted by Crippen LogP contribution is -2.47. The zero-order valence-electron chi connectivity index (χ0n) is 17.7. The molecule has 0 bridgehead atoms. The largest absolute Gasteiger partial charge is 0.468 e. The fraction of sp³-hybridized carbons (Fsp3) is 0.273. The van der Waals surface area contributed by atoms with E-state index in [1.807, 2.05) is 30.3 Å². The molecular formula is C22H27Cl2N3O4S. The minimum Gasteiger partial charge on any atom is -0.468 e. The standard InChI is InChI=1S/C22H25N3O4S.2ClH/c1-16(14-24-21(22(26)29-2)12-17-6-4-3-5-7-17)25-30(27,28)20-9-8-19-15-23-11-10-18(19)13-20;;/h3-11,13,15-16,21,24-25H,12,14H2,1-2H3;2*1H/t16-,21+;;/m1../s1. The fourth-order valence-corrected chi connectivity index (χ4v) is 4.43. The summed E-state index contributed by atoms with van der Waals surface area (Å²) < 4.78 is 33.1. The number of sulfonamides is 1. The Bertz CT molecular complexity index is 1110. The van der Waals surface area contributed by atoms with Crippen molar-refractivity contribution in [3.8, 4) is 0 Å². The Morgan fingerprint density at radius 1 is 1.06 bits per heavy atom. The maximum absolute atomic E-state index is 12.8. The molecule has 174 valence electrons. The number of pyridine rings is 1. The Hall–Kier alpha value is -2.23. The number of aromatic nitrogens is 1. The zero-order chi connectivity index (χ0) is 21.6. The van der Waals surface area contributed by atoms with E-state index in [0.717, 1.165) is 16.3 Å². The Morgan fingerprint density at radius 3 is 2.47 bits per heavy atom. The first-order valence-corrected chi connectivity index (χ1v) is 11.1. The highest BCUT2D eigenvalue weighted by atomic mass is 35.5. The molecular weight excluding hydrogens is 473 g/mol. The lowest BCUT2D eigenvalue weighted by Gasteiger charge is -2.20. The van der Waals surface area contributed by atoms with Gasteiger partial charge in [-0.3, -0.25) is 9.78 Å². The Kier molecular flexibility index (Phi) is 11.0. The normalized spacial score (nSPS) is 12.8. The third-order valence-electron chi connectivity index (χ3n) is 4.72. The first-order chi connectivity index (χ1) is 14.4. The molecule has 32 heavy (non-hydrogen) atoms. The predicted octanol–water partition coefficient (Wildman–Crippen LogP) is 3.12. The smallest absolute Gasteiger partial charge is 0.323 e. The number of hydrogen-bond donors (Lipinski definition) is 2. The summed E-state index contributed by atoms with van der Waals surface area (Å²) in [5.41, 5.74) is 0.985. The summed E-state index contributed by atoms with van der Waals surface area (Å²) >= 11 is 0. The van der Waals surface area contributed by atoms with Crippen LogP contribution in [0.1, 0.15) is 12.5 Å². The molecule has 0 unspecified atom stereocenters. The average molecular weight is 500 g/mol. The predicted molar refractivity (Wildman–Crippen MR) is 130 cm³/mol. The lowest BCUT2D eigenvalue weighted by molar-refractivity contribution is -0.143. The van der Waals surface area contributed by atoms with Gasteiger partial charge in [-0.05, 0) is 42.5 Å². The van der Waals surface area contributed by atoms with Crippen molar-refractivity contribution in [2.45, 2.75) is 30.3 Å². The Labute approximate surface area is 200 Å². The van der Waals surface area contributed by atoms with Crippen LogP contribution in [0.15, 0.2) is 71.9 Å². The SMILES string of the molecule is COC(=O)[C@H](Cc1ccccc1)NC[C@@H](C)NS(=O)(=O)c1ccc2cnccc2c1.Cl.Cl. The van der Waals surface area contributed by atoms with Crippen molar-refractivity contribution in [3.63, 3.8) is 0 Å². The molecule has 0 aliphatic carbocycles. The molecule has 2 N–H and O–H groups in total. The minimum absolute atomic E-state index is 0. The van der Waals surface area contributed by atoms with E-state index >= 15 is 0 Å². The first kappa shape index (κ1) is 27.8. The summed E-state index contributed by atoms with van der Waals surface area (Å²) in [6, 6.07) is 15.2. The number of rotatable bonds is 9. The first-order valence-electron chi connectivity index (χ1n) is 9.60. The number of methoxy groups -OCH3 is 1. The lowest BCUT2D eigenvalue weighted by atomic mass is 10.1. The quantitative estimate of drug-likeness (QED) is 0.439. The monoisotopic (exact) mass is 499 g/mol. The van der Waals surface area contributed by atoms with Gasteiger partial charge in [-0.1, -0.05) is 36.4 Å². The Balaban J connectivity index is 0.00000256. The number of fused-ring (bicyclic) bond motifs is 1. The van der Waals surface area contributed by atoms with Crippen molar-refractivity contribution >= 4 is 51.6 Å². The fourth-order valence-electron chi connectivity index (χ4n) is 3.15. The molecule has 0 saturated carbocycles. The molecule has 0 saturated heterocycles. The number of esters is 1. The summed E-state index contributed by atoms with van der Waals surface area (Å²) in [6.07, 6.45) is 3.76. The van der Waals surface area contributed by atoms with Gasteiger partial charge in [-0.2, -0.15) is 0 Å². The van der Waals surface area contributed by atoms with Gasteiger partial charge < -0.3 is 10.1 Å². The molecule has 10 heteroatoms. The minimum atomic E-state index is -3.71. The van der Waals surface area contributed by atoms with Gasteiger partial charge in [0.05, 0.1) is 12.0 Å². The second-order valence-electron chi connectivity index (χ2n) is 7.08. The average Bonchev–Trinajstić information content (AvgIpc) is 2.76. The van der Waals surface area contributed by atoms with Crippen molar-refractivity contribution < 1.29 is 17.9 Å².